The Bertz CT molecular complexity index is 898. The van der Waals surface area contributed by atoms with Gasteiger partial charge in [-0.05, 0) is 41.5 Å². The summed E-state index contributed by atoms with van der Waals surface area (Å²) in [7, 11) is 1.40. The number of aliphatic carboxylic acids is 1. The number of carboxylic acid groups (broad SMARTS) is 1. The molecule has 0 heterocycles. The molecular formula is C19H17ClFNO5. The van der Waals surface area contributed by atoms with Crippen LogP contribution in [0.3, 0.4) is 0 Å². The first-order chi connectivity index (χ1) is 12.8. The molecule has 2 rings (SSSR count). The summed E-state index contributed by atoms with van der Waals surface area (Å²) in [6.45, 7) is 1.27. The lowest BCUT2D eigenvalue weighted by molar-refractivity contribution is -0.134. The molecule has 0 spiro atoms. The Labute approximate surface area is 160 Å². The Morgan fingerprint density at radius 2 is 2.04 bits per heavy atom. The van der Waals surface area contributed by atoms with E-state index in [1.54, 1.807) is 12.1 Å². The Morgan fingerprint density at radius 1 is 1.30 bits per heavy atom. The number of carbonyl (C=O) groups is 2. The first kappa shape index (κ1) is 20.3. The second-order valence-corrected chi connectivity index (χ2v) is 5.90. The molecule has 2 N–H and O–H groups in total. The van der Waals surface area contributed by atoms with Gasteiger partial charge in [0.05, 0.1) is 12.1 Å². The number of ether oxygens (including phenoxy) is 2. The van der Waals surface area contributed by atoms with E-state index < -0.39 is 11.9 Å². The van der Waals surface area contributed by atoms with Crippen LogP contribution in [0, 0.1) is 5.82 Å². The van der Waals surface area contributed by atoms with E-state index in [0.29, 0.717) is 11.1 Å². The summed E-state index contributed by atoms with van der Waals surface area (Å²) in [5.74, 6) is -1.70. The van der Waals surface area contributed by atoms with E-state index in [2.05, 4.69) is 5.32 Å². The molecule has 0 fully saturated rings. The van der Waals surface area contributed by atoms with Crippen LogP contribution in [-0.4, -0.2) is 24.1 Å². The lowest BCUT2D eigenvalue weighted by Crippen LogP contribution is -2.24. The standard InChI is InChI=1S/C19H17ClFNO5/c1-11(23)22-16(19(24)25)8-13-7-15(20)18(17(9-13)26-2)27-10-12-4-3-5-14(21)6-12/h3-9H,10H2,1-2H3,(H,22,23)(H,24,25). The van der Waals surface area contributed by atoms with Crippen molar-refractivity contribution in [2.75, 3.05) is 7.11 Å². The summed E-state index contributed by atoms with van der Waals surface area (Å²) in [5, 5.41) is 11.6. The molecule has 0 aromatic heterocycles. The lowest BCUT2D eigenvalue weighted by Gasteiger charge is -2.14. The third-order valence-corrected chi connectivity index (χ3v) is 3.66. The van der Waals surface area contributed by atoms with Crippen molar-refractivity contribution >= 4 is 29.6 Å². The number of carbonyl (C=O) groups excluding carboxylic acids is 1. The maximum atomic E-state index is 13.3. The van der Waals surface area contributed by atoms with Gasteiger partial charge in [0.1, 0.15) is 18.1 Å². The molecular weight excluding hydrogens is 377 g/mol. The van der Waals surface area contributed by atoms with E-state index in [4.69, 9.17) is 26.2 Å². The predicted octanol–water partition coefficient (Wildman–Crippen LogP) is 3.63. The van der Waals surface area contributed by atoms with Crippen LogP contribution < -0.4 is 14.8 Å². The first-order valence-corrected chi connectivity index (χ1v) is 8.15. The number of methoxy groups -OCH3 is 1. The van der Waals surface area contributed by atoms with Gasteiger partial charge in [0.15, 0.2) is 11.5 Å². The van der Waals surface area contributed by atoms with E-state index in [1.165, 1.54) is 44.4 Å². The van der Waals surface area contributed by atoms with Gasteiger partial charge in [-0.3, -0.25) is 4.79 Å². The fourth-order valence-corrected chi connectivity index (χ4v) is 2.53. The van der Waals surface area contributed by atoms with Crippen LogP contribution >= 0.6 is 11.6 Å². The van der Waals surface area contributed by atoms with E-state index in [0.717, 1.165) is 0 Å². The molecule has 2 aromatic carbocycles. The van der Waals surface area contributed by atoms with E-state index in [1.807, 2.05) is 0 Å². The van der Waals surface area contributed by atoms with Crippen molar-refractivity contribution in [1.82, 2.24) is 5.32 Å². The highest BCUT2D eigenvalue weighted by Gasteiger charge is 2.14. The zero-order chi connectivity index (χ0) is 20.0. The smallest absolute Gasteiger partial charge is 0.352 e. The predicted molar refractivity (Wildman–Crippen MR) is 98.2 cm³/mol. The Kier molecular flexibility index (Phi) is 6.79. The largest absolute Gasteiger partial charge is 0.493 e. The van der Waals surface area contributed by atoms with Crippen molar-refractivity contribution in [3.05, 3.63) is 64.1 Å². The van der Waals surface area contributed by atoms with Gasteiger partial charge in [0.2, 0.25) is 5.91 Å². The van der Waals surface area contributed by atoms with Crippen LogP contribution in [0.1, 0.15) is 18.1 Å². The number of nitrogens with one attached hydrogen (secondary N) is 1. The minimum absolute atomic E-state index is 0.0648. The summed E-state index contributed by atoms with van der Waals surface area (Å²) in [4.78, 5) is 22.4. The second-order valence-electron chi connectivity index (χ2n) is 5.50. The molecule has 0 saturated heterocycles. The van der Waals surface area contributed by atoms with Gasteiger partial charge >= 0.3 is 5.97 Å². The van der Waals surface area contributed by atoms with E-state index in [-0.39, 0.29) is 34.6 Å². The molecule has 1 amide bonds. The molecule has 0 aliphatic carbocycles. The molecule has 0 saturated carbocycles. The van der Waals surface area contributed by atoms with E-state index in [9.17, 15) is 14.0 Å². The average Bonchev–Trinajstić information content (AvgIpc) is 2.59. The topological polar surface area (TPSA) is 84.9 Å². The third-order valence-electron chi connectivity index (χ3n) is 3.38. The number of hydrogen-bond donors (Lipinski definition) is 2. The molecule has 0 bridgehead atoms. The first-order valence-electron chi connectivity index (χ1n) is 7.77. The molecule has 0 aliphatic rings. The van der Waals surface area contributed by atoms with Crippen LogP contribution in [-0.2, 0) is 16.2 Å². The number of benzene rings is 2. The van der Waals surface area contributed by atoms with Crippen molar-refractivity contribution < 1.29 is 28.6 Å². The quantitative estimate of drug-likeness (QED) is 0.702. The monoisotopic (exact) mass is 393 g/mol. The van der Waals surface area contributed by atoms with Crippen molar-refractivity contribution in [1.29, 1.82) is 0 Å². The van der Waals surface area contributed by atoms with Crippen molar-refractivity contribution in [2.45, 2.75) is 13.5 Å². The minimum atomic E-state index is -1.30. The highest BCUT2D eigenvalue weighted by Crippen LogP contribution is 2.37. The van der Waals surface area contributed by atoms with Gasteiger partial charge in [0.25, 0.3) is 0 Å². The molecule has 8 heteroatoms. The normalized spacial score (nSPS) is 11.0. The van der Waals surface area contributed by atoms with Crippen molar-refractivity contribution in [2.24, 2.45) is 0 Å². The van der Waals surface area contributed by atoms with E-state index >= 15 is 0 Å². The van der Waals surface area contributed by atoms with Crippen LogP contribution in [0.15, 0.2) is 42.1 Å². The van der Waals surface area contributed by atoms with Gasteiger partial charge in [0, 0.05) is 6.92 Å². The SMILES string of the molecule is COc1cc(C=C(NC(C)=O)C(=O)O)cc(Cl)c1OCc1cccc(F)c1. The fourth-order valence-electron chi connectivity index (χ4n) is 2.25. The van der Waals surface area contributed by atoms with Gasteiger partial charge in [-0.25, -0.2) is 9.18 Å². The van der Waals surface area contributed by atoms with Crippen molar-refractivity contribution in [3.63, 3.8) is 0 Å². The molecule has 0 radical (unpaired) electrons. The van der Waals surface area contributed by atoms with Gasteiger partial charge < -0.3 is 19.9 Å². The number of hydrogen-bond acceptors (Lipinski definition) is 4. The molecule has 2 aromatic rings. The van der Waals surface area contributed by atoms with Crippen LogP contribution in [0.5, 0.6) is 11.5 Å². The summed E-state index contributed by atoms with van der Waals surface area (Å²) >= 11 is 6.24. The third kappa shape index (κ3) is 5.72. The van der Waals surface area contributed by atoms with Crippen LogP contribution in [0.4, 0.5) is 4.39 Å². The minimum Gasteiger partial charge on any atom is -0.493 e. The lowest BCUT2D eigenvalue weighted by atomic mass is 10.1. The molecule has 0 atom stereocenters. The highest BCUT2D eigenvalue weighted by atomic mass is 35.5. The van der Waals surface area contributed by atoms with Crippen LogP contribution in [0.2, 0.25) is 5.02 Å². The fraction of sp³-hybridized carbons (Fsp3) is 0.158. The van der Waals surface area contributed by atoms with Crippen LogP contribution in [0.25, 0.3) is 6.08 Å². The molecule has 0 unspecified atom stereocenters. The summed E-state index contributed by atoms with van der Waals surface area (Å²) < 4.78 is 24.2. The molecule has 142 valence electrons. The summed E-state index contributed by atoms with van der Waals surface area (Å²) in [6.07, 6.45) is 1.24. The maximum Gasteiger partial charge on any atom is 0.352 e. The summed E-state index contributed by atoms with van der Waals surface area (Å²) in [6, 6.07) is 8.91. The Balaban J connectivity index is 2.30. The highest BCUT2D eigenvalue weighted by molar-refractivity contribution is 6.32. The zero-order valence-corrected chi connectivity index (χ0v) is 15.3. The Morgan fingerprint density at radius 3 is 2.63 bits per heavy atom. The molecule has 0 aliphatic heterocycles. The zero-order valence-electron chi connectivity index (χ0n) is 14.6. The van der Waals surface area contributed by atoms with Crippen molar-refractivity contribution in [3.8, 4) is 11.5 Å². The van der Waals surface area contributed by atoms with Gasteiger partial charge in [-0.15, -0.1) is 0 Å². The number of halogens is 2. The second kappa shape index (κ2) is 9.05. The summed E-state index contributed by atoms with van der Waals surface area (Å²) in [5.41, 5.74) is 0.686. The Hall–Kier alpha value is -3.06. The van der Waals surface area contributed by atoms with Gasteiger partial charge in [-0.1, -0.05) is 23.7 Å². The molecule has 6 nitrogen and oxygen atoms in total. The number of amides is 1. The number of carboxylic acids is 1. The average molecular weight is 394 g/mol. The maximum absolute atomic E-state index is 13.3. The molecule has 27 heavy (non-hydrogen) atoms. The number of rotatable bonds is 7. The van der Waals surface area contributed by atoms with Gasteiger partial charge in [-0.2, -0.15) is 0 Å².